The number of thiazole rings is 1. The first-order valence-corrected chi connectivity index (χ1v) is 6.60. The summed E-state index contributed by atoms with van der Waals surface area (Å²) in [5, 5.41) is 15.4. The van der Waals surface area contributed by atoms with Gasteiger partial charge in [-0.15, -0.1) is 11.3 Å². The Morgan fingerprint density at radius 1 is 1.50 bits per heavy atom. The van der Waals surface area contributed by atoms with Crippen LogP contribution in [0.5, 0.6) is 0 Å². The summed E-state index contributed by atoms with van der Waals surface area (Å²) in [4.78, 5) is 4.61. The van der Waals surface area contributed by atoms with Gasteiger partial charge in [0, 0.05) is 30.0 Å². The van der Waals surface area contributed by atoms with Crippen LogP contribution in [-0.2, 0) is 12.0 Å². The van der Waals surface area contributed by atoms with E-state index in [1.807, 2.05) is 0 Å². The van der Waals surface area contributed by atoms with E-state index >= 15 is 0 Å². The highest BCUT2D eigenvalue weighted by Gasteiger charge is 2.17. The Balaban J connectivity index is 2.47. The van der Waals surface area contributed by atoms with E-state index in [9.17, 15) is 0 Å². The number of aromatic nitrogens is 1. The summed E-state index contributed by atoms with van der Waals surface area (Å²) in [7, 11) is 0. The largest absolute Gasteiger partial charge is 0.396 e. The van der Waals surface area contributed by atoms with Gasteiger partial charge < -0.3 is 10.4 Å². The summed E-state index contributed by atoms with van der Waals surface area (Å²) in [6.07, 6.45) is 0.789. The highest BCUT2D eigenvalue weighted by molar-refractivity contribution is 7.09. The van der Waals surface area contributed by atoms with Crippen molar-refractivity contribution in [2.75, 3.05) is 6.61 Å². The van der Waals surface area contributed by atoms with Gasteiger partial charge in [-0.3, -0.25) is 0 Å². The van der Waals surface area contributed by atoms with Crippen LogP contribution in [0.15, 0.2) is 5.38 Å². The summed E-state index contributed by atoms with van der Waals surface area (Å²) < 4.78 is 0. The average molecular weight is 242 g/mol. The molecular weight excluding hydrogens is 220 g/mol. The molecule has 4 heteroatoms. The minimum absolute atomic E-state index is 0.130. The zero-order valence-corrected chi connectivity index (χ0v) is 11.4. The van der Waals surface area contributed by atoms with Crippen molar-refractivity contribution in [2.24, 2.45) is 0 Å². The van der Waals surface area contributed by atoms with Crippen molar-refractivity contribution in [3.8, 4) is 0 Å². The van der Waals surface area contributed by atoms with Gasteiger partial charge in [0.25, 0.3) is 0 Å². The Labute approximate surface area is 102 Å². The molecule has 0 saturated carbocycles. The maximum atomic E-state index is 8.79. The van der Waals surface area contributed by atoms with Gasteiger partial charge in [0.1, 0.15) is 5.01 Å². The second kappa shape index (κ2) is 5.75. The molecule has 2 N–H and O–H groups in total. The molecule has 1 rings (SSSR count). The normalized spacial score (nSPS) is 14.1. The van der Waals surface area contributed by atoms with Crippen LogP contribution in [0.4, 0.5) is 0 Å². The summed E-state index contributed by atoms with van der Waals surface area (Å²) in [5.41, 5.74) is 1.29. The monoisotopic (exact) mass is 242 g/mol. The van der Waals surface area contributed by atoms with Crippen molar-refractivity contribution in [2.45, 2.75) is 52.1 Å². The molecule has 0 fully saturated rings. The first-order chi connectivity index (χ1) is 7.43. The fourth-order valence-electron chi connectivity index (χ4n) is 1.29. The van der Waals surface area contributed by atoms with Crippen molar-refractivity contribution in [3.05, 3.63) is 16.1 Å². The first kappa shape index (κ1) is 13.6. The third-order valence-corrected chi connectivity index (χ3v) is 3.33. The van der Waals surface area contributed by atoms with Crippen LogP contribution in [0.2, 0.25) is 0 Å². The molecule has 1 atom stereocenters. The minimum atomic E-state index is 0.130. The highest BCUT2D eigenvalue weighted by Crippen LogP contribution is 2.23. The molecule has 0 bridgehead atoms. The third kappa shape index (κ3) is 4.20. The molecule has 1 aromatic rings. The van der Waals surface area contributed by atoms with E-state index < -0.39 is 0 Å². The van der Waals surface area contributed by atoms with Gasteiger partial charge in [-0.1, -0.05) is 20.8 Å². The Bertz CT molecular complexity index is 317. The average Bonchev–Trinajstić information content (AvgIpc) is 2.63. The SMILES string of the molecule is CC(CCO)NCc1nc(C(C)(C)C)cs1. The minimum Gasteiger partial charge on any atom is -0.396 e. The van der Waals surface area contributed by atoms with Gasteiger partial charge in [-0.25, -0.2) is 4.98 Å². The molecule has 0 aliphatic carbocycles. The summed E-state index contributed by atoms with van der Waals surface area (Å²) in [6, 6.07) is 0.340. The predicted octanol–water partition coefficient (Wildman–Crippen LogP) is 2.30. The molecule has 3 nitrogen and oxygen atoms in total. The molecule has 0 spiro atoms. The van der Waals surface area contributed by atoms with E-state index in [1.165, 1.54) is 0 Å². The summed E-state index contributed by atoms with van der Waals surface area (Å²) in [6.45, 7) is 9.63. The Morgan fingerprint density at radius 3 is 2.69 bits per heavy atom. The van der Waals surface area contributed by atoms with Gasteiger partial charge in [0.05, 0.1) is 5.69 Å². The van der Waals surface area contributed by atoms with Crippen LogP contribution in [0.3, 0.4) is 0 Å². The van der Waals surface area contributed by atoms with Gasteiger partial charge >= 0.3 is 0 Å². The Hall–Kier alpha value is -0.450. The van der Waals surface area contributed by atoms with Crippen LogP contribution < -0.4 is 5.32 Å². The lowest BCUT2D eigenvalue weighted by atomic mass is 9.93. The van der Waals surface area contributed by atoms with E-state index in [2.05, 4.69) is 43.4 Å². The van der Waals surface area contributed by atoms with E-state index in [4.69, 9.17) is 5.11 Å². The lowest BCUT2D eigenvalue weighted by Crippen LogP contribution is -2.26. The van der Waals surface area contributed by atoms with Crippen LogP contribution >= 0.6 is 11.3 Å². The molecule has 1 unspecified atom stereocenters. The molecule has 0 radical (unpaired) electrons. The Morgan fingerprint density at radius 2 is 2.19 bits per heavy atom. The van der Waals surface area contributed by atoms with Gasteiger partial charge in [-0.2, -0.15) is 0 Å². The second-order valence-corrected chi connectivity index (χ2v) is 6.11. The first-order valence-electron chi connectivity index (χ1n) is 5.72. The predicted molar refractivity (Wildman–Crippen MR) is 68.8 cm³/mol. The molecule has 1 aromatic heterocycles. The number of nitrogens with one attached hydrogen (secondary N) is 1. The topological polar surface area (TPSA) is 45.1 Å². The molecular formula is C12H22N2OS. The van der Waals surface area contributed by atoms with E-state index in [0.29, 0.717) is 6.04 Å². The van der Waals surface area contributed by atoms with Crippen molar-refractivity contribution in [3.63, 3.8) is 0 Å². The highest BCUT2D eigenvalue weighted by atomic mass is 32.1. The van der Waals surface area contributed by atoms with Crippen molar-refractivity contribution in [1.82, 2.24) is 10.3 Å². The van der Waals surface area contributed by atoms with Crippen LogP contribution in [-0.4, -0.2) is 22.7 Å². The second-order valence-electron chi connectivity index (χ2n) is 5.17. The fraction of sp³-hybridized carbons (Fsp3) is 0.750. The molecule has 1 heterocycles. The molecule has 0 aliphatic rings. The Kier molecular flexibility index (Phi) is 4.89. The number of nitrogens with zero attached hydrogens (tertiary/aromatic N) is 1. The molecule has 0 amide bonds. The van der Waals surface area contributed by atoms with Crippen molar-refractivity contribution in [1.29, 1.82) is 0 Å². The smallest absolute Gasteiger partial charge is 0.107 e. The van der Waals surface area contributed by atoms with E-state index in [0.717, 1.165) is 23.7 Å². The van der Waals surface area contributed by atoms with Crippen molar-refractivity contribution < 1.29 is 5.11 Å². The molecule has 0 saturated heterocycles. The number of aliphatic hydroxyl groups excluding tert-OH is 1. The number of aliphatic hydroxyl groups is 1. The van der Waals surface area contributed by atoms with Crippen molar-refractivity contribution >= 4 is 11.3 Å². The van der Waals surface area contributed by atoms with Crippen LogP contribution in [0, 0.1) is 0 Å². The van der Waals surface area contributed by atoms with Gasteiger partial charge in [0.2, 0.25) is 0 Å². The van der Waals surface area contributed by atoms with E-state index in [-0.39, 0.29) is 12.0 Å². The van der Waals surface area contributed by atoms with Crippen LogP contribution in [0.1, 0.15) is 44.8 Å². The quantitative estimate of drug-likeness (QED) is 0.833. The molecule has 0 aromatic carbocycles. The fourth-order valence-corrected chi connectivity index (χ4v) is 2.27. The third-order valence-electron chi connectivity index (χ3n) is 2.48. The van der Waals surface area contributed by atoms with Gasteiger partial charge in [-0.05, 0) is 13.3 Å². The lowest BCUT2D eigenvalue weighted by molar-refractivity contribution is 0.268. The van der Waals surface area contributed by atoms with Crippen LogP contribution in [0.25, 0.3) is 0 Å². The molecule has 92 valence electrons. The molecule has 16 heavy (non-hydrogen) atoms. The maximum Gasteiger partial charge on any atom is 0.107 e. The molecule has 0 aliphatic heterocycles. The zero-order valence-electron chi connectivity index (χ0n) is 10.6. The van der Waals surface area contributed by atoms with Gasteiger partial charge in [0.15, 0.2) is 0 Å². The lowest BCUT2D eigenvalue weighted by Gasteiger charge is -2.14. The maximum absolute atomic E-state index is 8.79. The number of rotatable bonds is 5. The summed E-state index contributed by atoms with van der Waals surface area (Å²) >= 11 is 1.70. The summed E-state index contributed by atoms with van der Waals surface area (Å²) in [5.74, 6) is 0. The van der Waals surface area contributed by atoms with E-state index in [1.54, 1.807) is 11.3 Å². The number of hydrogen-bond acceptors (Lipinski definition) is 4. The standard InChI is InChI=1S/C12H22N2OS/c1-9(5-6-15)13-7-11-14-10(8-16-11)12(2,3)4/h8-9,13,15H,5-7H2,1-4H3. The zero-order chi connectivity index (χ0) is 12.2. The number of hydrogen-bond donors (Lipinski definition) is 2.